The van der Waals surface area contributed by atoms with Crippen molar-refractivity contribution in [3.05, 3.63) is 23.8 Å². The molecule has 88 valence electrons. The Morgan fingerprint density at radius 1 is 1.44 bits per heavy atom. The molecule has 1 amide bonds. The van der Waals surface area contributed by atoms with Crippen molar-refractivity contribution in [1.82, 2.24) is 0 Å². The number of carbonyl (C=O) groups is 1. The van der Waals surface area contributed by atoms with Gasteiger partial charge in [0.25, 0.3) is 0 Å². The Bertz CT molecular complexity index is 389. The van der Waals surface area contributed by atoms with Gasteiger partial charge in [0.15, 0.2) is 0 Å². The van der Waals surface area contributed by atoms with E-state index in [1.54, 1.807) is 19.1 Å². The van der Waals surface area contributed by atoms with Crippen LogP contribution in [0.5, 0.6) is 5.75 Å². The molecule has 0 spiro atoms. The normalized spacial score (nSPS) is 12.6. The number of aromatic hydroxyl groups is 1. The van der Waals surface area contributed by atoms with E-state index in [2.05, 4.69) is 5.32 Å². The minimum absolute atomic E-state index is 0.0824. The Balaban J connectivity index is 2.74. The van der Waals surface area contributed by atoms with E-state index >= 15 is 0 Å². The molecule has 0 bridgehead atoms. The van der Waals surface area contributed by atoms with Gasteiger partial charge in [0.2, 0.25) is 5.91 Å². The van der Waals surface area contributed by atoms with Crippen LogP contribution in [0.15, 0.2) is 18.2 Å². The molecular weight excluding hydrogens is 204 g/mol. The highest BCUT2D eigenvalue weighted by Gasteiger charge is 2.17. The van der Waals surface area contributed by atoms with Crippen LogP contribution in [-0.2, 0) is 4.79 Å². The van der Waals surface area contributed by atoms with E-state index in [-0.39, 0.29) is 17.6 Å². The van der Waals surface area contributed by atoms with E-state index in [9.17, 15) is 9.90 Å². The predicted octanol–water partition coefficient (Wildman–Crippen LogP) is 1.62. The fourth-order valence-electron chi connectivity index (χ4n) is 1.22. The number of hydrogen-bond donors (Lipinski definition) is 3. The van der Waals surface area contributed by atoms with Crippen LogP contribution >= 0.6 is 0 Å². The third-order valence-corrected chi connectivity index (χ3v) is 2.50. The van der Waals surface area contributed by atoms with Crippen LogP contribution in [0.25, 0.3) is 0 Å². The van der Waals surface area contributed by atoms with E-state index in [0.29, 0.717) is 5.69 Å². The molecule has 4 nitrogen and oxygen atoms in total. The van der Waals surface area contributed by atoms with Gasteiger partial charge < -0.3 is 16.2 Å². The van der Waals surface area contributed by atoms with Crippen molar-refractivity contribution in [2.45, 2.75) is 26.8 Å². The summed E-state index contributed by atoms with van der Waals surface area (Å²) in [5, 5.41) is 12.1. The molecule has 0 unspecified atom stereocenters. The zero-order valence-electron chi connectivity index (χ0n) is 9.82. The lowest BCUT2D eigenvalue weighted by atomic mass is 10.0. The lowest BCUT2D eigenvalue weighted by Gasteiger charge is -2.15. The zero-order chi connectivity index (χ0) is 12.3. The molecule has 1 rings (SSSR count). The molecule has 0 fully saturated rings. The van der Waals surface area contributed by atoms with E-state index in [1.165, 1.54) is 6.07 Å². The number of anilines is 1. The second-order valence-corrected chi connectivity index (χ2v) is 4.26. The van der Waals surface area contributed by atoms with Crippen LogP contribution in [0.1, 0.15) is 19.4 Å². The maximum atomic E-state index is 11.6. The second kappa shape index (κ2) is 4.99. The van der Waals surface area contributed by atoms with Gasteiger partial charge in [-0.1, -0.05) is 19.9 Å². The number of phenolic OH excluding ortho intramolecular Hbond substituents is 1. The summed E-state index contributed by atoms with van der Waals surface area (Å²) >= 11 is 0. The Labute approximate surface area is 95.5 Å². The van der Waals surface area contributed by atoms with Crippen molar-refractivity contribution in [2.24, 2.45) is 11.7 Å². The zero-order valence-corrected chi connectivity index (χ0v) is 9.82. The van der Waals surface area contributed by atoms with Crippen LogP contribution in [0, 0.1) is 12.8 Å². The lowest BCUT2D eigenvalue weighted by Crippen LogP contribution is -2.39. The van der Waals surface area contributed by atoms with Gasteiger partial charge >= 0.3 is 0 Å². The molecule has 0 aliphatic carbocycles. The van der Waals surface area contributed by atoms with Gasteiger partial charge in [0, 0.05) is 11.8 Å². The molecular formula is C12H18N2O2. The second-order valence-electron chi connectivity index (χ2n) is 4.26. The number of rotatable bonds is 3. The number of nitrogens with two attached hydrogens (primary N) is 1. The quantitative estimate of drug-likeness (QED) is 0.727. The van der Waals surface area contributed by atoms with Gasteiger partial charge in [-0.25, -0.2) is 0 Å². The molecule has 0 heterocycles. The number of amides is 1. The van der Waals surface area contributed by atoms with Crippen molar-refractivity contribution in [3.63, 3.8) is 0 Å². The number of phenols is 1. The first-order chi connectivity index (χ1) is 7.41. The average Bonchev–Trinajstić information content (AvgIpc) is 2.22. The van der Waals surface area contributed by atoms with Crippen LogP contribution in [0.2, 0.25) is 0 Å². The maximum absolute atomic E-state index is 11.6. The van der Waals surface area contributed by atoms with Crippen molar-refractivity contribution < 1.29 is 9.90 Å². The minimum atomic E-state index is -0.538. The number of carbonyl (C=O) groups excluding carboxylic acids is 1. The van der Waals surface area contributed by atoms with E-state index in [4.69, 9.17) is 5.73 Å². The largest absolute Gasteiger partial charge is 0.508 e. The van der Waals surface area contributed by atoms with Crippen LogP contribution in [-0.4, -0.2) is 17.1 Å². The number of hydrogen-bond acceptors (Lipinski definition) is 3. The van der Waals surface area contributed by atoms with Crippen LogP contribution in [0.3, 0.4) is 0 Å². The number of aryl methyl sites for hydroxylation is 1. The lowest BCUT2D eigenvalue weighted by molar-refractivity contribution is -0.118. The van der Waals surface area contributed by atoms with Gasteiger partial charge in [-0.3, -0.25) is 4.79 Å². The average molecular weight is 222 g/mol. The molecule has 1 aromatic rings. The standard InChI is InChI=1S/C12H18N2O2/c1-7(2)11(13)12(16)14-9-5-4-8(3)10(15)6-9/h4-7,11,15H,13H2,1-3H3,(H,14,16)/t11-/m1/s1. The molecule has 0 saturated heterocycles. The molecule has 4 N–H and O–H groups in total. The molecule has 0 radical (unpaired) electrons. The Kier molecular flexibility index (Phi) is 3.90. The molecule has 1 atom stereocenters. The Morgan fingerprint density at radius 2 is 2.06 bits per heavy atom. The van der Waals surface area contributed by atoms with Crippen molar-refractivity contribution >= 4 is 11.6 Å². The summed E-state index contributed by atoms with van der Waals surface area (Å²) in [6, 6.07) is 4.45. The van der Waals surface area contributed by atoms with E-state index in [0.717, 1.165) is 5.56 Å². The summed E-state index contributed by atoms with van der Waals surface area (Å²) < 4.78 is 0. The summed E-state index contributed by atoms with van der Waals surface area (Å²) in [5.41, 5.74) is 7.03. The molecule has 16 heavy (non-hydrogen) atoms. The van der Waals surface area contributed by atoms with Crippen molar-refractivity contribution in [2.75, 3.05) is 5.32 Å². The van der Waals surface area contributed by atoms with Crippen LogP contribution in [0.4, 0.5) is 5.69 Å². The van der Waals surface area contributed by atoms with Gasteiger partial charge in [0.1, 0.15) is 5.75 Å². The van der Waals surface area contributed by atoms with Crippen molar-refractivity contribution in [3.8, 4) is 5.75 Å². The first kappa shape index (κ1) is 12.5. The summed E-state index contributed by atoms with van der Waals surface area (Å²) in [6.07, 6.45) is 0. The smallest absolute Gasteiger partial charge is 0.241 e. The molecule has 0 aliphatic heterocycles. The SMILES string of the molecule is Cc1ccc(NC(=O)[C@H](N)C(C)C)cc1O. The van der Waals surface area contributed by atoms with Gasteiger partial charge in [-0.15, -0.1) is 0 Å². The predicted molar refractivity (Wildman–Crippen MR) is 64.3 cm³/mol. The maximum Gasteiger partial charge on any atom is 0.241 e. The number of nitrogens with one attached hydrogen (secondary N) is 1. The monoisotopic (exact) mass is 222 g/mol. The first-order valence-corrected chi connectivity index (χ1v) is 5.28. The van der Waals surface area contributed by atoms with Crippen molar-refractivity contribution in [1.29, 1.82) is 0 Å². The van der Waals surface area contributed by atoms with Gasteiger partial charge in [-0.05, 0) is 24.5 Å². The molecule has 1 aromatic carbocycles. The Hall–Kier alpha value is -1.55. The summed E-state index contributed by atoms with van der Waals surface area (Å²) in [5.74, 6) is 0.00761. The van der Waals surface area contributed by atoms with Crippen LogP contribution < -0.4 is 11.1 Å². The minimum Gasteiger partial charge on any atom is -0.508 e. The molecule has 4 heteroatoms. The molecule has 0 saturated carbocycles. The molecule has 0 aliphatic rings. The fourth-order valence-corrected chi connectivity index (χ4v) is 1.22. The third-order valence-electron chi connectivity index (χ3n) is 2.50. The Morgan fingerprint density at radius 3 is 2.56 bits per heavy atom. The topological polar surface area (TPSA) is 75.4 Å². The fraction of sp³-hybridized carbons (Fsp3) is 0.417. The highest BCUT2D eigenvalue weighted by atomic mass is 16.3. The highest BCUT2D eigenvalue weighted by molar-refractivity contribution is 5.95. The van der Waals surface area contributed by atoms with E-state index in [1.807, 2.05) is 13.8 Å². The van der Waals surface area contributed by atoms with Gasteiger partial charge in [-0.2, -0.15) is 0 Å². The third kappa shape index (κ3) is 2.97. The van der Waals surface area contributed by atoms with E-state index < -0.39 is 6.04 Å². The summed E-state index contributed by atoms with van der Waals surface area (Å²) in [6.45, 7) is 5.56. The summed E-state index contributed by atoms with van der Waals surface area (Å²) in [7, 11) is 0. The van der Waals surface area contributed by atoms with Gasteiger partial charge in [0.05, 0.1) is 6.04 Å². The molecule has 0 aromatic heterocycles. The number of benzene rings is 1. The highest BCUT2D eigenvalue weighted by Crippen LogP contribution is 2.21. The first-order valence-electron chi connectivity index (χ1n) is 5.28. The summed E-state index contributed by atoms with van der Waals surface area (Å²) in [4.78, 5) is 11.6.